The van der Waals surface area contributed by atoms with Gasteiger partial charge in [-0.1, -0.05) is 0 Å². The Labute approximate surface area is 60.3 Å². The first-order valence-electron chi connectivity index (χ1n) is 2.90. The normalized spacial score (nSPS) is 25.0. The van der Waals surface area contributed by atoms with Crippen LogP contribution in [0.1, 0.15) is 6.42 Å². The Morgan fingerprint density at radius 3 is 2.64 bits per heavy atom. The predicted molar refractivity (Wildman–Crippen MR) is 30.8 cm³/mol. The van der Waals surface area contributed by atoms with Gasteiger partial charge in [-0.15, -0.1) is 0 Å². The van der Waals surface area contributed by atoms with Crippen LogP contribution in [0.4, 0.5) is 13.2 Å². The van der Waals surface area contributed by atoms with Crippen LogP contribution in [0.15, 0.2) is 5.10 Å². The van der Waals surface area contributed by atoms with Gasteiger partial charge in [-0.3, -0.25) is 4.79 Å². The molecule has 1 N–H and O–H groups in total. The molecule has 6 heteroatoms. The molecule has 0 fully saturated rings. The minimum absolute atomic E-state index is 0.366. The van der Waals surface area contributed by atoms with Crippen molar-refractivity contribution in [3.05, 3.63) is 0 Å². The third-order valence-electron chi connectivity index (χ3n) is 1.32. The summed E-state index contributed by atoms with van der Waals surface area (Å²) in [4.78, 5) is 10.5. The standard InChI is InChI=1S/C5H5F3N2O/c6-5(7,8)3-1-2-9-10-4(3)11/h2-3H,1H2,(H,10,11). The molecule has 1 atom stereocenters. The number of amides is 1. The summed E-state index contributed by atoms with van der Waals surface area (Å²) in [7, 11) is 0. The van der Waals surface area contributed by atoms with Crippen LogP contribution in [-0.4, -0.2) is 18.3 Å². The first-order valence-corrected chi connectivity index (χ1v) is 2.90. The van der Waals surface area contributed by atoms with Crippen molar-refractivity contribution in [2.24, 2.45) is 11.0 Å². The Hall–Kier alpha value is -1.07. The molecule has 1 aliphatic heterocycles. The second-order valence-electron chi connectivity index (χ2n) is 2.12. The summed E-state index contributed by atoms with van der Waals surface area (Å²) in [5.74, 6) is -3.01. The number of nitrogens with one attached hydrogen (secondary N) is 1. The minimum Gasteiger partial charge on any atom is -0.272 e. The lowest BCUT2D eigenvalue weighted by molar-refractivity contribution is -0.181. The van der Waals surface area contributed by atoms with E-state index in [1.165, 1.54) is 0 Å². The van der Waals surface area contributed by atoms with E-state index in [4.69, 9.17) is 0 Å². The second-order valence-corrected chi connectivity index (χ2v) is 2.12. The van der Waals surface area contributed by atoms with E-state index in [-0.39, 0.29) is 6.42 Å². The van der Waals surface area contributed by atoms with Gasteiger partial charge >= 0.3 is 6.18 Å². The van der Waals surface area contributed by atoms with E-state index in [9.17, 15) is 18.0 Å². The maximum absolute atomic E-state index is 11.9. The van der Waals surface area contributed by atoms with E-state index < -0.39 is 18.0 Å². The topological polar surface area (TPSA) is 41.5 Å². The molecule has 0 spiro atoms. The predicted octanol–water partition coefficient (Wildman–Crippen LogP) is 0.671. The maximum atomic E-state index is 11.9. The lowest BCUT2D eigenvalue weighted by Gasteiger charge is -2.18. The quantitative estimate of drug-likeness (QED) is 0.564. The van der Waals surface area contributed by atoms with E-state index in [0.717, 1.165) is 6.21 Å². The molecule has 1 aliphatic rings. The number of nitrogens with zero attached hydrogens (tertiary/aromatic N) is 1. The molecule has 0 aromatic heterocycles. The number of hydrogen-bond donors (Lipinski definition) is 1. The number of carbonyl (C=O) groups excluding carboxylic acids is 1. The van der Waals surface area contributed by atoms with Crippen LogP contribution < -0.4 is 5.43 Å². The molecule has 1 unspecified atom stereocenters. The third-order valence-corrected chi connectivity index (χ3v) is 1.32. The van der Waals surface area contributed by atoms with Gasteiger partial charge in [-0.25, -0.2) is 5.43 Å². The van der Waals surface area contributed by atoms with Gasteiger partial charge < -0.3 is 0 Å². The van der Waals surface area contributed by atoms with Crippen LogP contribution in [0.25, 0.3) is 0 Å². The van der Waals surface area contributed by atoms with Crippen LogP contribution in [-0.2, 0) is 4.79 Å². The third kappa shape index (κ3) is 1.69. The molecule has 0 bridgehead atoms. The fourth-order valence-corrected chi connectivity index (χ4v) is 0.735. The summed E-state index contributed by atoms with van der Waals surface area (Å²) in [6.45, 7) is 0. The summed E-state index contributed by atoms with van der Waals surface area (Å²) in [6.07, 6.45) is -3.79. The van der Waals surface area contributed by atoms with Crippen LogP contribution in [0.3, 0.4) is 0 Å². The molecule has 11 heavy (non-hydrogen) atoms. The van der Waals surface area contributed by atoms with Crippen molar-refractivity contribution in [2.75, 3.05) is 0 Å². The molecule has 0 saturated carbocycles. The first-order chi connectivity index (χ1) is 5.02. The average molecular weight is 166 g/mol. The minimum atomic E-state index is -4.46. The van der Waals surface area contributed by atoms with Crippen molar-refractivity contribution < 1.29 is 18.0 Å². The molecule has 62 valence electrons. The highest BCUT2D eigenvalue weighted by atomic mass is 19.4. The SMILES string of the molecule is O=C1NN=CCC1C(F)(F)F. The van der Waals surface area contributed by atoms with E-state index >= 15 is 0 Å². The molecular formula is C5H5F3N2O. The van der Waals surface area contributed by atoms with Crippen LogP contribution in [0.2, 0.25) is 0 Å². The van der Waals surface area contributed by atoms with Gasteiger partial charge in [0.05, 0.1) is 0 Å². The smallest absolute Gasteiger partial charge is 0.272 e. The Bertz CT molecular complexity index is 198. The molecular weight excluding hydrogens is 161 g/mol. The highest BCUT2D eigenvalue weighted by Crippen LogP contribution is 2.29. The van der Waals surface area contributed by atoms with Gasteiger partial charge in [-0.2, -0.15) is 18.3 Å². The Morgan fingerprint density at radius 1 is 1.64 bits per heavy atom. The number of alkyl halides is 3. The molecule has 1 heterocycles. The lowest BCUT2D eigenvalue weighted by Crippen LogP contribution is -2.40. The fourth-order valence-electron chi connectivity index (χ4n) is 0.735. The van der Waals surface area contributed by atoms with Crippen molar-refractivity contribution in [1.82, 2.24) is 5.43 Å². The molecule has 0 aliphatic carbocycles. The van der Waals surface area contributed by atoms with Crippen molar-refractivity contribution >= 4 is 12.1 Å². The number of halogens is 3. The van der Waals surface area contributed by atoms with Crippen molar-refractivity contribution in [3.63, 3.8) is 0 Å². The molecule has 0 radical (unpaired) electrons. The molecule has 0 aromatic carbocycles. The average Bonchev–Trinajstić information content (AvgIpc) is 1.86. The van der Waals surface area contributed by atoms with Crippen molar-refractivity contribution in [1.29, 1.82) is 0 Å². The summed E-state index contributed by atoms with van der Waals surface area (Å²) in [5, 5.41) is 3.20. The highest BCUT2D eigenvalue weighted by Gasteiger charge is 2.45. The van der Waals surface area contributed by atoms with Crippen LogP contribution >= 0.6 is 0 Å². The van der Waals surface area contributed by atoms with E-state index in [1.54, 1.807) is 5.43 Å². The summed E-state index contributed by atoms with van der Waals surface area (Å²) < 4.78 is 35.6. The zero-order chi connectivity index (χ0) is 8.48. The van der Waals surface area contributed by atoms with Gasteiger partial charge in [0.15, 0.2) is 0 Å². The van der Waals surface area contributed by atoms with E-state index in [0.29, 0.717) is 0 Å². The largest absolute Gasteiger partial charge is 0.400 e. The van der Waals surface area contributed by atoms with Gasteiger partial charge in [0.25, 0.3) is 5.91 Å². The molecule has 0 saturated heterocycles. The van der Waals surface area contributed by atoms with E-state index in [2.05, 4.69) is 5.10 Å². The molecule has 3 nitrogen and oxygen atoms in total. The number of carbonyl (C=O) groups is 1. The van der Waals surface area contributed by atoms with E-state index in [1.807, 2.05) is 0 Å². The fraction of sp³-hybridized carbons (Fsp3) is 0.600. The van der Waals surface area contributed by atoms with Crippen molar-refractivity contribution in [3.8, 4) is 0 Å². The van der Waals surface area contributed by atoms with Gasteiger partial charge in [0.2, 0.25) is 0 Å². The Morgan fingerprint density at radius 2 is 2.27 bits per heavy atom. The molecule has 1 amide bonds. The van der Waals surface area contributed by atoms with Crippen molar-refractivity contribution in [2.45, 2.75) is 12.6 Å². The van der Waals surface area contributed by atoms with Gasteiger partial charge in [0, 0.05) is 12.6 Å². The monoisotopic (exact) mass is 166 g/mol. The summed E-state index contributed by atoms with van der Waals surface area (Å²) >= 11 is 0. The number of hydrazone groups is 1. The van der Waals surface area contributed by atoms with Crippen LogP contribution in [0.5, 0.6) is 0 Å². The zero-order valence-corrected chi connectivity index (χ0v) is 5.35. The lowest BCUT2D eigenvalue weighted by atomic mass is 10.0. The molecule has 1 rings (SSSR count). The van der Waals surface area contributed by atoms with Gasteiger partial charge in [-0.05, 0) is 0 Å². The number of rotatable bonds is 0. The summed E-state index contributed by atoms with van der Waals surface area (Å²) in [5.41, 5.74) is 1.75. The second kappa shape index (κ2) is 2.52. The zero-order valence-electron chi connectivity index (χ0n) is 5.35. The Balaban J connectivity index is 2.72. The maximum Gasteiger partial charge on any atom is 0.400 e. The first kappa shape index (κ1) is 8.03. The summed E-state index contributed by atoms with van der Waals surface area (Å²) in [6, 6.07) is 0. The van der Waals surface area contributed by atoms with Gasteiger partial charge in [0.1, 0.15) is 5.92 Å². The number of hydrogen-bond acceptors (Lipinski definition) is 2. The highest BCUT2D eigenvalue weighted by molar-refractivity contribution is 5.85. The molecule has 0 aromatic rings. The Kier molecular flexibility index (Phi) is 1.84. The van der Waals surface area contributed by atoms with Crippen LogP contribution in [0, 0.1) is 5.92 Å².